The smallest absolute Gasteiger partial charge is 0.122 e. The van der Waals surface area contributed by atoms with Crippen LogP contribution in [0.5, 0.6) is 5.75 Å². The van der Waals surface area contributed by atoms with Gasteiger partial charge < -0.3 is 10.5 Å². The van der Waals surface area contributed by atoms with Gasteiger partial charge in [0.15, 0.2) is 0 Å². The van der Waals surface area contributed by atoms with Gasteiger partial charge in [-0.2, -0.15) is 0 Å². The van der Waals surface area contributed by atoms with Crippen LogP contribution in [0, 0.1) is 5.92 Å². The molecule has 0 amide bonds. The molecule has 0 saturated carbocycles. The van der Waals surface area contributed by atoms with E-state index in [1.165, 1.54) is 5.56 Å². The molecule has 1 rings (SSSR count). The molecule has 0 bridgehead atoms. The first kappa shape index (κ1) is 13.0. The molecule has 1 aromatic rings. The second-order valence-corrected chi connectivity index (χ2v) is 4.45. The van der Waals surface area contributed by atoms with Gasteiger partial charge in [-0.3, -0.25) is 0 Å². The summed E-state index contributed by atoms with van der Waals surface area (Å²) in [6, 6.07) is 8.46. The molecule has 16 heavy (non-hydrogen) atoms. The fourth-order valence-corrected chi connectivity index (χ4v) is 1.99. The molecule has 1 aromatic carbocycles. The molecule has 90 valence electrons. The Labute approximate surface area is 98.8 Å². The van der Waals surface area contributed by atoms with Gasteiger partial charge in [0.2, 0.25) is 0 Å². The summed E-state index contributed by atoms with van der Waals surface area (Å²) in [5.74, 6) is 1.47. The van der Waals surface area contributed by atoms with Gasteiger partial charge in [-0.05, 0) is 30.4 Å². The Morgan fingerprint density at radius 2 is 2.00 bits per heavy atom. The molecule has 0 spiro atoms. The van der Waals surface area contributed by atoms with Crippen LogP contribution in [0.25, 0.3) is 0 Å². The van der Waals surface area contributed by atoms with Gasteiger partial charge in [0.25, 0.3) is 0 Å². The molecule has 0 heterocycles. The van der Waals surface area contributed by atoms with E-state index in [1.807, 2.05) is 12.1 Å². The molecule has 0 aliphatic rings. The van der Waals surface area contributed by atoms with Gasteiger partial charge in [0.05, 0.1) is 7.11 Å². The number of hydrogen-bond donors (Lipinski definition) is 1. The van der Waals surface area contributed by atoms with Crippen LogP contribution in [0.1, 0.15) is 32.3 Å². The Kier molecular flexibility index (Phi) is 5.33. The van der Waals surface area contributed by atoms with Crippen molar-refractivity contribution in [2.75, 3.05) is 7.11 Å². The normalized spacial score (nSPS) is 14.5. The second kappa shape index (κ2) is 6.54. The van der Waals surface area contributed by atoms with Crippen LogP contribution in [-0.4, -0.2) is 13.2 Å². The minimum Gasteiger partial charge on any atom is -0.496 e. The third kappa shape index (κ3) is 3.53. The number of ether oxygens (including phenoxy) is 1. The molecule has 0 aromatic heterocycles. The largest absolute Gasteiger partial charge is 0.496 e. The van der Waals surface area contributed by atoms with E-state index < -0.39 is 0 Å². The van der Waals surface area contributed by atoms with Gasteiger partial charge in [-0.25, -0.2) is 0 Å². The fourth-order valence-electron chi connectivity index (χ4n) is 1.99. The van der Waals surface area contributed by atoms with E-state index in [2.05, 4.69) is 26.0 Å². The van der Waals surface area contributed by atoms with Gasteiger partial charge in [0.1, 0.15) is 5.75 Å². The third-order valence-electron chi connectivity index (χ3n) is 3.09. The van der Waals surface area contributed by atoms with Crippen LogP contribution in [0.15, 0.2) is 24.3 Å². The van der Waals surface area contributed by atoms with Crippen LogP contribution in [0.4, 0.5) is 0 Å². The molecular weight excluding hydrogens is 198 g/mol. The number of para-hydroxylation sites is 1. The molecule has 2 atom stereocenters. The Morgan fingerprint density at radius 1 is 1.31 bits per heavy atom. The van der Waals surface area contributed by atoms with E-state index in [1.54, 1.807) is 7.11 Å². The molecular formula is C14H23NO. The highest BCUT2D eigenvalue weighted by Crippen LogP contribution is 2.22. The van der Waals surface area contributed by atoms with E-state index in [-0.39, 0.29) is 6.04 Å². The number of benzene rings is 1. The van der Waals surface area contributed by atoms with Crippen LogP contribution in [0.2, 0.25) is 0 Å². The summed E-state index contributed by atoms with van der Waals surface area (Å²) in [4.78, 5) is 0. The lowest BCUT2D eigenvalue weighted by molar-refractivity contribution is 0.391. The minimum absolute atomic E-state index is 0.287. The molecule has 2 N–H and O–H groups in total. The van der Waals surface area contributed by atoms with Crippen molar-refractivity contribution in [3.05, 3.63) is 29.8 Å². The van der Waals surface area contributed by atoms with Gasteiger partial charge in [-0.1, -0.05) is 38.5 Å². The lowest BCUT2D eigenvalue weighted by Crippen LogP contribution is -2.29. The number of hydrogen-bond acceptors (Lipinski definition) is 2. The van der Waals surface area contributed by atoms with E-state index in [0.29, 0.717) is 5.92 Å². The summed E-state index contributed by atoms with van der Waals surface area (Å²) in [5, 5.41) is 0. The summed E-state index contributed by atoms with van der Waals surface area (Å²) < 4.78 is 5.35. The topological polar surface area (TPSA) is 35.2 Å². The first-order valence-corrected chi connectivity index (χ1v) is 6.06. The predicted octanol–water partition coefficient (Wildman–Crippen LogP) is 3.00. The summed E-state index contributed by atoms with van der Waals surface area (Å²) in [7, 11) is 1.72. The quantitative estimate of drug-likeness (QED) is 0.801. The lowest BCUT2D eigenvalue weighted by Gasteiger charge is -2.20. The van der Waals surface area contributed by atoms with Gasteiger partial charge in [-0.15, -0.1) is 0 Å². The van der Waals surface area contributed by atoms with Crippen molar-refractivity contribution in [1.29, 1.82) is 0 Å². The SMILES string of the molecule is CCCC(N)C(C)Cc1ccccc1OC. The standard InChI is InChI=1S/C14H23NO/c1-4-7-13(15)11(2)10-12-8-5-6-9-14(12)16-3/h5-6,8-9,11,13H,4,7,10,15H2,1-3H3. The number of rotatable bonds is 6. The first-order valence-electron chi connectivity index (χ1n) is 6.06. The monoisotopic (exact) mass is 221 g/mol. The maximum atomic E-state index is 6.13. The molecule has 0 fully saturated rings. The van der Waals surface area contributed by atoms with Crippen molar-refractivity contribution < 1.29 is 4.74 Å². The first-order chi connectivity index (χ1) is 7.69. The molecule has 2 unspecified atom stereocenters. The average molecular weight is 221 g/mol. The molecule has 0 aliphatic carbocycles. The number of methoxy groups -OCH3 is 1. The van der Waals surface area contributed by atoms with Crippen LogP contribution < -0.4 is 10.5 Å². The lowest BCUT2D eigenvalue weighted by atomic mass is 9.91. The summed E-state index contributed by atoms with van der Waals surface area (Å²) in [5.41, 5.74) is 7.38. The highest BCUT2D eigenvalue weighted by molar-refractivity contribution is 5.33. The molecule has 0 aliphatic heterocycles. The fraction of sp³-hybridized carbons (Fsp3) is 0.571. The van der Waals surface area contributed by atoms with E-state index in [4.69, 9.17) is 10.5 Å². The van der Waals surface area contributed by atoms with Gasteiger partial charge in [0, 0.05) is 6.04 Å². The highest BCUT2D eigenvalue weighted by atomic mass is 16.5. The molecule has 0 saturated heterocycles. The Balaban J connectivity index is 2.64. The Hall–Kier alpha value is -1.02. The van der Waals surface area contributed by atoms with Crippen LogP contribution >= 0.6 is 0 Å². The zero-order valence-electron chi connectivity index (χ0n) is 10.6. The van der Waals surface area contributed by atoms with Crippen molar-refractivity contribution in [2.24, 2.45) is 11.7 Å². The molecule has 2 heteroatoms. The van der Waals surface area contributed by atoms with E-state index >= 15 is 0 Å². The highest BCUT2D eigenvalue weighted by Gasteiger charge is 2.14. The van der Waals surface area contributed by atoms with Crippen molar-refractivity contribution in [2.45, 2.75) is 39.2 Å². The van der Waals surface area contributed by atoms with Crippen molar-refractivity contribution >= 4 is 0 Å². The van der Waals surface area contributed by atoms with Gasteiger partial charge >= 0.3 is 0 Å². The zero-order chi connectivity index (χ0) is 12.0. The summed E-state index contributed by atoms with van der Waals surface area (Å²) in [6.07, 6.45) is 3.24. The van der Waals surface area contributed by atoms with Crippen molar-refractivity contribution in [1.82, 2.24) is 0 Å². The van der Waals surface area contributed by atoms with Crippen LogP contribution in [0.3, 0.4) is 0 Å². The van der Waals surface area contributed by atoms with Crippen LogP contribution in [-0.2, 0) is 6.42 Å². The Morgan fingerprint density at radius 3 is 2.62 bits per heavy atom. The molecule has 2 nitrogen and oxygen atoms in total. The number of nitrogens with two attached hydrogens (primary N) is 1. The minimum atomic E-state index is 0.287. The van der Waals surface area contributed by atoms with Crippen molar-refractivity contribution in [3.63, 3.8) is 0 Å². The predicted molar refractivity (Wildman–Crippen MR) is 68.7 cm³/mol. The third-order valence-corrected chi connectivity index (χ3v) is 3.09. The van der Waals surface area contributed by atoms with Crippen molar-refractivity contribution in [3.8, 4) is 5.75 Å². The maximum absolute atomic E-state index is 6.13. The Bertz CT molecular complexity index is 311. The zero-order valence-corrected chi connectivity index (χ0v) is 10.6. The summed E-state index contributed by atoms with van der Waals surface area (Å²) >= 11 is 0. The second-order valence-electron chi connectivity index (χ2n) is 4.45. The van der Waals surface area contributed by atoms with E-state index in [9.17, 15) is 0 Å². The summed E-state index contributed by atoms with van der Waals surface area (Å²) in [6.45, 7) is 4.39. The van der Waals surface area contributed by atoms with E-state index in [0.717, 1.165) is 25.0 Å². The molecule has 0 radical (unpaired) electrons. The maximum Gasteiger partial charge on any atom is 0.122 e. The average Bonchev–Trinajstić information content (AvgIpc) is 2.30.